The highest BCUT2D eigenvalue weighted by atomic mass is 16.5. The van der Waals surface area contributed by atoms with Gasteiger partial charge in [-0.05, 0) is 26.7 Å². The molecule has 23 heavy (non-hydrogen) atoms. The molecular formula is C16H21N5O2. The standard InChI is InChI=1S/C16H21N5O2/c1-10-12(11(2)23-20-10)7-16(22)21-6-4-5-14(21)13-8-18-9-15(17-3)19-13/h8-9,14H,4-7H2,1-3H3,(H,17,19)/t14-/m1/s1. The average molecular weight is 315 g/mol. The molecule has 0 spiro atoms. The van der Waals surface area contributed by atoms with Gasteiger partial charge in [-0.15, -0.1) is 0 Å². The van der Waals surface area contributed by atoms with Gasteiger partial charge in [-0.2, -0.15) is 0 Å². The Morgan fingerprint density at radius 3 is 2.96 bits per heavy atom. The van der Waals surface area contributed by atoms with Crippen molar-refractivity contribution in [2.75, 3.05) is 18.9 Å². The first kappa shape index (κ1) is 15.5. The van der Waals surface area contributed by atoms with Gasteiger partial charge in [0.25, 0.3) is 0 Å². The van der Waals surface area contributed by atoms with Crippen LogP contribution < -0.4 is 5.32 Å². The van der Waals surface area contributed by atoms with Gasteiger partial charge in [-0.3, -0.25) is 9.78 Å². The minimum atomic E-state index is -0.0104. The van der Waals surface area contributed by atoms with E-state index in [4.69, 9.17) is 4.52 Å². The van der Waals surface area contributed by atoms with Crippen LogP contribution in [0.5, 0.6) is 0 Å². The maximum Gasteiger partial charge on any atom is 0.227 e. The zero-order valence-corrected chi connectivity index (χ0v) is 13.7. The Hall–Kier alpha value is -2.44. The Morgan fingerprint density at radius 2 is 2.26 bits per heavy atom. The van der Waals surface area contributed by atoms with E-state index in [9.17, 15) is 4.79 Å². The molecule has 7 heteroatoms. The predicted octanol–water partition coefficient (Wildman–Crippen LogP) is 2.03. The van der Waals surface area contributed by atoms with E-state index >= 15 is 0 Å². The van der Waals surface area contributed by atoms with Crippen molar-refractivity contribution in [1.82, 2.24) is 20.0 Å². The van der Waals surface area contributed by atoms with Gasteiger partial charge >= 0.3 is 0 Å². The van der Waals surface area contributed by atoms with Crippen molar-refractivity contribution in [2.45, 2.75) is 39.2 Å². The van der Waals surface area contributed by atoms with Crippen molar-refractivity contribution in [3.63, 3.8) is 0 Å². The van der Waals surface area contributed by atoms with Crippen LogP contribution in [-0.4, -0.2) is 39.5 Å². The number of hydrogen-bond donors (Lipinski definition) is 1. The van der Waals surface area contributed by atoms with Crippen molar-refractivity contribution in [3.05, 3.63) is 35.1 Å². The molecule has 1 amide bonds. The SMILES string of the molecule is CNc1cncc([C@H]2CCCN2C(=O)Cc2c(C)noc2C)n1. The molecule has 1 fully saturated rings. The number of carbonyl (C=O) groups excluding carboxylic acids is 1. The fourth-order valence-electron chi connectivity index (χ4n) is 3.04. The molecule has 1 aliphatic heterocycles. The second-order valence-corrected chi connectivity index (χ2v) is 5.80. The number of aryl methyl sites for hydroxylation is 2. The molecule has 1 aliphatic rings. The summed E-state index contributed by atoms with van der Waals surface area (Å²) in [4.78, 5) is 23.4. The lowest BCUT2D eigenvalue weighted by Gasteiger charge is -2.24. The summed E-state index contributed by atoms with van der Waals surface area (Å²) >= 11 is 0. The summed E-state index contributed by atoms with van der Waals surface area (Å²) in [7, 11) is 1.81. The largest absolute Gasteiger partial charge is 0.372 e. The number of anilines is 1. The number of carbonyl (C=O) groups is 1. The monoisotopic (exact) mass is 315 g/mol. The smallest absolute Gasteiger partial charge is 0.227 e. The van der Waals surface area contributed by atoms with Gasteiger partial charge in [-0.1, -0.05) is 5.16 Å². The number of amides is 1. The van der Waals surface area contributed by atoms with Crippen LogP contribution in [0.1, 0.15) is 41.6 Å². The maximum absolute atomic E-state index is 12.7. The Morgan fingerprint density at radius 1 is 1.43 bits per heavy atom. The lowest BCUT2D eigenvalue weighted by molar-refractivity contribution is -0.131. The molecule has 1 atom stereocenters. The first-order valence-electron chi connectivity index (χ1n) is 7.81. The predicted molar refractivity (Wildman–Crippen MR) is 84.9 cm³/mol. The van der Waals surface area contributed by atoms with Crippen LogP contribution in [0.3, 0.4) is 0 Å². The minimum absolute atomic E-state index is 0.0104. The molecule has 1 N–H and O–H groups in total. The third-order valence-corrected chi connectivity index (χ3v) is 4.33. The molecule has 3 heterocycles. The number of aromatic nitrogens is 3. The van der Waals surface area contributed by atoms with Crippen molar-refractivity contribution in [1.29, 1.82) is 0 Å². The quantitative estimate of drug-likeness (QED) is 0.929. The van der Waals surface area contributed by atoms with Gasteiger partial charge < -0.3 is 14.7 Å². The summed E-state index contributed by atoms with van der Waals surface area (Å²) in [6, 6.07) is -0.0104. The zero-order chi connectivity index (χ0) is 16.4. The van der Waals surface area contributed by atoms with Crippen molar-refractivity contribution >= 4 is 11.7 Å². The van der Waals surface area contributed by atoms with E-state index in [1.54, 1.807) is 12.4 Å². The highest BCUT2D eigenvalue weighted by Gasteiger charge is 2.32. The van der Waals surface area contributed by atoms with Crippen LogP contribution in [0.25, 0.3) is 0 Å². The molecule has 122 valence electrons. The summed E-state index contributed by atoms with van der Waals surface area (Å²) in [6.45, 7) is 4.45. The van der Waals surface area contributed by atoms with E-state index in [-0.39, 0.29) is 11.9 Å². The third kappa shape index (κ3) is 3.04. The average Bonchev–Trinajstić information content (AvgIpc) is 3.17. The number of nitrogens with one attached hydrogen (secondary N) is 1. The summed E-state index contributed by atoms with van der Waals surface area (Å²) in [6.07, 6.45) is 5.62. The molecule has 1 saturated heterocycles. The molecule has 2 aromatic heterocycles. The molecule has 0 radical (unpaired) electrons. The van der Waals surface area contributed by atoms with E-state index in [1.165, 1.54) is 0 Å². The fraction of sp³-hybridized carbons (Fsp3) is 0.500. The highest BCUT2D eigenvalue weighted by Crippen LogP contribution is 2.31. The Labute approximate surface area is 135 Å². The molecule has 0 aliphatic carbocycles. The van der Waals surface area contributed by atoms with Gasteiger partial charge in [0.1, 0.15) is 11.6 Å². The van der Waals surface area contributed by atoms with Crippen LogP contribution in [-0.2, 0) is 11.2 Å². The van der Waals surface area contributed by atoms with Crippen molar-refractivity contribution < 1.29 is 9.32 Å². The van der Waals surface area contributed by atoms with Crippen LogP contribution in [0.4, 0.5) is 5.82 Å². The topological polar surface area (TPSA) is 84.2 Å². The van der Waals surface area contributed by atoms with Gasteiger partial charge in [0, 0.05) is 19.2 Å². The molecule has 0 aromatic carbocycles. The fourth-order valence-corrected chi connectivity index (χ4v) is 3.04. The van der Waals surface area contributed by atoms with E-state index in [0.29, 0.717) is 18.0 Å². The van der Waals surface area contributed by atoms with E-state index in [2.05, 4.69) is 20.4 Å². The number of rotatable bonds is 4. The number of nitrogens with zero attached hydrogens (tertiary/aromatic N) is 4. The minimum Gasteiger partial charge on any atom is -0.372 e. The van der Waals surface area contributed by atoms with Crippen LogP contribution in [0.2, 0.25) is 0 Å². The maximum atomic E-state index is 12.7. The summed E-state index contributed by atoms with van der Waals surface area (Å²) in [5, 5.41) is 6.91. The Balaban J connectivity index is 1.79. The van der Waals surface area contributed by atoms with E-state index in [0.717, 1.165) is 36.3 Å². The Bertz CT molecular complexity index is 693. The highest BCUT2D eigenvalue weighted by molar-refractivity contribution is 5.80. The zero-order valence-electron chi connectivity index (χ0n) is 13.7. The van der Waals surface area contributed by atoms with Crippen molar-refractivity contribution in [3.8, 4) is 0 Å². The molecule has 2 aromatic rings. The summed E-state index contributed by atoms with van der Waals surface area (Å²) in [5.41, 5.74) is 2.50. The summed E-state index contributed by atoms with van der Waals surface area (Å²) < 4.78 is 5.15. The number of hydrogen-bond acceptors (Lipinski definition) is 6. The lowest BCUT2D eigenvalue weighted by atomic mass is 10.1. The van der Waals surface area contributed by atoms with Gasteiger partial charge in [-0.25, -0.2) is 4.98 Å². The van der Waals surface area contributed by atoms with Gasteiger partial charge in [0.05, 0.1) is 36.2 Å². The molecular weight excluding hydrogens is 294 g/mol. The summed E-state index contributed by atoms with van der Waals surface area (Å²) in [5.74, 6) is 1.51. The third-order valence-electron chi connectivity index (χ3n) is 4.33. The van der Waals surface area contributed by atoms with Crippen LogP contribution >= 0.6 is 0 Å². The molecule has 7 nitrogen and oxygen atoms in total. The van der Waals surface area contributed by atoms with Crippen LogP contribution in [0, 0.1) is 13.8 Å². The molecule has 0 bridgehead atoms. The second kappa shape index (κ2) is 6.36. The first-order chi connectivity index (χ1) is 11.1. The molecule has 3 rings (SSSR count). The van der Waals surface area contributed by atoms with Crippen molar-refractivity contribution in [2.24, 2.45) is 0 Å². The Kier molecular flexibility index (Phi) is 4.27. The van der Waals surface area contributed by atoms with Crippen LogP contribution in [0.15, 0.2) is 16.9 Å². The van der Waals surface area contributed by atoms with Gasteiger partial charge in [0.15, 0.2) is 0 Å². The lowest BCUT2D eigenvalue weighted by Crippen LogP contribution is -2.32. The first-order valence-corrected chi connectivity index (χ1v) is 7.81. The van der Waals surface area contributed by atoms with E-state index < -0.39 is 0 Å². The normalized spacial score (nSPS) is 17.5. The second-order valence-electron chi connectivity index (χ2n) is 5.80. The van der Waals surface area contributed by atoms with Gasteiger partial charge in [0.2, 0.25) is 5.91 Å². The van der Waals surface area contributed by atoms with E-state index in [1.807, 2.05) is 25.8 Å². The molecule has 0 unspecified atom stereocenters. The molecule has 0 saturated carbocycles. The number of likely N-dealkylation sites (tertiary alicyclic amines) is 1.